The third-order valence-corrected chi connectivity index (χ3v) is 2.05. The molecule has 0 aliphatic rings. The molecule has 0 aliphatic heterocycles. The Bertz CT molecular complexity index is 351. The highest BCUT2D eigenvalue weighted by atomic mass is 16.1. The average Bonchev–Trinajstić information content (AvgIpc) is 2.18. The van der Waals surface area contributed by atoms with Gasteiger partial charge < -0.3 is 16.8 Å². The van der Waals surface area contributed by atoms with E-state index in [2.05, 4.69) is 10.3 Å². The Hall–Kier alpha value is -1.78. The quantitative estimate of drug-likeness (QED) is 0.619. The molecule has 0 unspecified atom stereocenters. The van der Waals surface area contributed by atoms with E-state index in [4.69, 9.17) is 11.5 Å². The van der Waals surface area contributed by atoms with E-state index in [1.54, 1.807) is 12.3 Å². The first-order valence-corrected chi connectivity index (χ1v) is 4.84. The number of pyridine rings is 1. The zero-order valence-corrected chi connectivity index (χ0v) is 8.79. The molecule has 82 valence electrons. The zero-order valence-electron chi connectivity index (χ0n) is 8.79. The molecule has 0 radical (unpaired) electrons. The first-order chi connectivity index (χ1) is 7.09. The number of amides is 1. The SMILES string of the molecule is Cc1cnc(NCCCC(N)=O)cc1N. The van der Waals surface area contributed by atoms with Gasteiger partial charge in [-0.05, 0) is 18.9 Å². The van der Waals surface area contributed by atoms with Crippen molar-refractivity contribution in [3.63, 3.8) is 0 Å². The molecule has 0 aromatic carbocycles. The predicted octanol–water partition coefficient (Wildman–Crippen LogP) is 0.650. The largest absolute Gasteiger partial charge is 0.398 e. The lowest BCUT2D eigenvalue weighted by Crippen LogP contribution is -2.13. The van der Waals surface area contributed by atoms with Gasteiger partial charge in [-0.25, -0.2) is 4.98 Å². The Labute approximate surface area is 88.9 Å². The fraction of sp³-hybridized carbons (Fsp3) is 0.400. The van der Waals surface area contributed by atoms with E-state index in [1.165, 1.54) is 0 Å². The second kappa shape index (κ2) is 5.19. The number of carbonyl (C=O) groups excluding carboxylic acids is 1. The van der Waals surface area contributed by atoms with E-state index in [0.717, 1.165) is 11.4 Å². The molecule has 1 amide bonds. The highest BCUT2D eigenvalue weighted by Gasteiger charge is 1.98. The summed E-state index contributed by atoms with van der Waals surface area (Å²) in [5, 5.41) is 3.07. The van der Waals surface area contributed by atoms with Crippen LogP contribution in [-0.2, 0) is 4.79 Å². The molecule has 1 heterocycles. The van der Waals surface area contributed by atoms with Crippen LogP contribution in [0.3, 0.4) is 0 Å². The first kappa shape index (κ1) is 11.3. The number of anilines is 2. The second-order valence-corrected chi connectivity index (χ2v) is 3.42. The van der Waals surface area contributed by atoms with Gasteiger partial charge >= 0.3 is 0 Å². The molecule has 5 heteroatoms. The Kier molecular flexibility index (Phi) is 3.91. The van der Waals surface area contributed by atoms with Crippen LogP contribution < -0.4 is 16.8 Å². The number of hydrogen-bond donors (Lipinski definition) is 3. The van der Waals surface area contributed by atoms with Crippen LogP contribution in [0.25, 0.3) is 0 Å². The summed E-state index contributed by atoms with van der Waals surface area (Å²) < 4.78 is 0. The number of carbonyl (C=O) groups is 1. The topological polar surface area (TPSA) is 94.0 Å². The van der Waals surface area contributed by atoms with Crippen molar-refractivity contribution < 1.29 is 4.79 Å². The van der Waals surface area contributed by atoms with Crippen LogP contribution in [-0.4, -0.2) is 17.4 Å². The lowest BCUT2D eigenvalue weighted by molar-refractivity contribution is -0.118. The summed E-state index contributed by atoms with van der Waals surface area (Å²) in [6.07, 6.45) is 2.80. The highest BCUT2D eigenvalue weighted by Crippen LogP contribution is 2.13. The van der Waals surface area contributed by atoms with Crippen molar-refractivity contribution in [1.29, 1.82) is 0 Å². The van der Waals surface area contributed by atoms with Crippen LogP contribution in [0.1, 0.15) is 18.4 Å². The molecule has 0 saturated heterocycles. The summed E-state index contributed by atoms with van der Waals surface area (Å²) in [6.45, 7) is 2.57. The lowest BCUT2D eigenvalue weighted by Gasteiger charge is -2.06. The molecule has 0 spiro atoms. The number of nitrogen functional groups attached to an aromatic ring is 1. The minimum absolute atomic E-state index is 0.284. The number of nitrogens with two attached hydrogens (primary N) is 2. The van der Waals surface area contributed by atoms with Crippen molar-refractivity contribution in [1.82, 2.24) is 4.98 Å². The Morgan fingerprint density at radius 2 is 2.33 bits per heavy atom. The van der Waals surface area contributed by atoms with E-state index >= 15 is 0 Å². The summed E-state index contributed by atoms with van der Waals surface area (Å²) in [6, 6.07) is 1.78. The third-order valence-electron chi connectivity index (χ3n) is 2.05. The molecule has 5 nitrogen and oxygen atoms in total. The monoisotopic (exact) mass is 208 g/mol. The number of nitrogens with one attached hydrogen (secondary N) is 1. The number of rotatable bonds is 5. The maximum Gasteiger partial charge on any atom is 0.217 e. The Morgan fingerprint density at radius 3 is 2.93 bits per heavy atom. The fourth-order valence-corrected chi connectivity index (χ4v) is 1.12. The van der Waals surface area contributed by atoms with Crippen molar-refractivity contribution in [3.8, 4) is 0 Å². The molecule has 0 aliphatic carbocycles. The standard InChI is InChI=1S/C10H16N4O/c1-7-6-14-10(5-8(7)11)13-4-2-3-9(12)15/h5-6H,2-4H2,1H3,(H2,12,15)(H3,11,13,14). The number of aryl methyl sites for hydroxylation is 1. The van der Waals surface area contributed by atoms with E-state index in [0.29, 0.717) is 25.1 Å². The zero-order chi connectivity index (χ0) is 11.3. The van der Waals surface area contributed by atoms with Gasteiger partial charge in [-0.1, -0.05) is 0 Å². The fourth-order valence-electron chi connectivity index (χ4n) is 1.12. The molecular weight excluding hydrogens is 192 g/mol. The summed E-state index contributed by atoms with van der Waals surface area (Å²) in [5.74, 6) is 0.441. The van der Waals surface area contributed by atoms with Crippen molar-refractivity contribution in [3.05, 3.63) is 17.8 Å². The third kappa shape index (κ3) is 3.84. The summed E-state index contributed by atoms with van der Waals surface area (Å²) >= 11 is 0. The minimum atomic E-state index is -0.284. The molecule has 1 aromatic heterocycles. The molecule has 1 aromatic rings. The summed E-state index contributed by atoms with van der Waals surface area (Å²) in [7, 11) is 0. The highest BCUT2D eigenvalue weighted by molar-refractivity contribution is 5.73. The maximum absolute atomic E-state index is 10.5. The van der Waals surface area contributed by atoms with Crippen molar-refractivity contribution in [2.24, 2.45) is 5.73 Å². The molecule has 15 heavy (non-hydrogen) atoms. The number of hydrogen-bond acceptors (Lipinski definition) is 4. The van der Waals surface area contributed by atoms with E-state index in [1.807, 2.05) is 6.92 Å². The van der Waals surface area contributed by atoms with E-state index in [-0.39, 0.29) is 5.91 Å². The Balaban J connectivity index is 2.38. The molecule has 0 bridgehead atoms. The minimum Gasteiger partial charge on any atom is -0.398 e. The lowest BCUT2D eigenvalue weighted by atomic mass is 10.2. The Morgan fingerprint density at radius 1 is 1.60 bits per heavy atom. The summed E-state index contributed by atoms with van der Waals surface area (Å²) in [5.41, 5.74) is 12.4. The van der Waals surface area contributed by atoms with Crippen molar-refractivity contribution in [2.75, 3.05) is 17.6 Å². The van der Waals surface area contributed by atoms with Gasteiger partial charge in [-0.15, -0.1) is 0 Å². The van der Waals surface area contributed by atoms with Crippen molar-refractivity contribution >= 4 is 17.4 Å². The number of aromatic nitrogens is 1. The van der Waals surface area contributed by atoms with Crippen LogP contribution in [0.5, 0.6) is 0 Å². The van der Waals surface area contributed by atoms with Crippen LogP contribution in [0.15, 0.2) is 12.3 Å². The van der Waals surface area contributed by atoms with Crippen LogP contribution in [0.4, 0.5) is 11.5 Å². The second-order valence-electron chi connectivity index (χ2n) is 3.42. The first-order valence-electron chi connectivity index (χ1n) is 4.84. The molecule has 1 rings (SSSR count). The van der Waals surface area contributed by atoms with Gasteiger partial charge in [0.05, 0.1) is 0 Å². The van der Waals surface area contributed by atoms with Crippen LogP contribution >= 0.6 is 0 Å². The van der Waals surface area contributed by atoms with Gasteiger partial charge in [0.25, 0.3) is 0 Å². The normalized spacial score (nSPS) is 9.93. The summed E-state index contributed by atoms with van der Waals surface area (Å²) in [4.78, 5) is 14.6. The average molecular weight is 208 g/mol. The number of nitrogens with zero attached hydrogens (tertiary/aromatic N) is 1. The van der Waals surface area contributed by atoms with E-state index < -0.39 is 0 Å². The van der Waals surface area contributed by atoms with Gasteiger partial charge in [0, 0.05) is 30.9 Å². The van der Waals surface area contributed by atoms with Gasteiger partial charge in [-0.3, -0.25) is 4.79 Å². The maximum atomic E-state index is 10.5. The van der Waals surface area contributed by atoms with Gasteiger partial charge in [0.2, 0.25) is 5.91 Å². The van der Waals surface area contributed by atoms with Crippen LogP contribution in [0, 0.1) is 6.92 Å². The van der Waals surface area contributed by atoms with E-state index in [9.17, 15) is 4.79 Å². The van der Waals surface area contributed by atoms with Gasteiger partial charge in [0.15, 0.2) is 0 Å². The molecule has 0 saturated carbocycles. The molecule has 0 fully saturated rings. The number of primary amides is 1. The van der Waals surface area contributed by atoms with Crippen molar-refractivity contribution in [2.45, 2.75) is 19.8 Å². The molecule has 0 atom stereocenters. The smallest absolute Gasteiger partial charge is 0.217 e. The predicted molar refractivity (Wildman–Crippen MR) is 60.3 cm³/mol. The van der Waals surface area contributed by atoms with Gasteiger partial charge in [0.1, 0.15) is 5.82 Å². The molecular formula is C10H16N4O. The van der Waals surface area contributed by atoms with Crippen LogP contribution in [0.2, 0.25) is 0 Å². The van der Waals surface area contributed by atoms with Gasteiger partial charge in [-0.2, -0.15) is 0 Å². The molecule has 5 N–H and O–H groups in total.